The molecule has 0 nitrogen and oxygen atoms in total. The average Bonchev–Trinajstić information content (AvgIpc) is 2.80. The van der Waals surface area contributed by atoms with Crippen LogP contribution in [0.3, 0.4) is 0 Å². The molecule has 2 aliphatic heterocycles. The van der Waals surface area contributed by atoms with Gasteiger partial charge in [0.05, 0.1) is 0 Å². The second-order valence-electron chi connectivity index (χ2n) is 4.01. The zero-order chi connectivity index (χ0) is 8.84. The summed E-state index contributed by atoms with van der Waals surface area (Å²) in [5.74, 6) is 0. The van der Waals surface area contributed by atoms with Crippen molar-refractivity contribution in [2.24, 2.45) is 0 Å². The van der Waals surface area contributed by atoms with Gasteiger partial charge in [-0.1, -0.05) is 43.8 Å². The van der Waals surface area contributed by atoms with Gasteiger partial charge in [-0.15, -0.1) is 0 Å². The van der Waals surface area contributed by atoms with Crippen LogP contribution in [0.25, 0.3) is 5.31 Å². The third-order valence-corrected chi connectivity index (χ3v) is 5.82. The first-order valence-corrected chi connectivity index (χ1v) is 6.47. The Bertz CT molecular complexity index is 364. The Morgan fingerprint density at radius 3 is 2.62 bits per heavy atom. The van der Waals surface area contributed by atoms with E-state index in [1.54, 1.807) is 10.9 Å². The van der Waals surface area contributed by atoms with Crippen molar-refractivity contribution >= 4 is 13.2 Å². The predicted molar refractivity (Wildman–Crippen MR) is 59.2 cm³/mol. The molecular formula is C12H13P. The van der Waals surface area contributed by atoms with Gasteiger partial charge in [-0.05, 0) is 36.0 Å². The maximum atomic E-state index is 2.32. The molecule has 0 N–H and O–H groups in total. The first-order valence-electron chi connectivity index (χ1n) is 4.88. The van der Waals surface area contributed by atoms with E-state index in [2.05, 4.69) is 37.3 Å². The van der Waals surface area contributed by atoms with E-state index in [0.717, 1.165) is 5.66 Å². The maximum Gasteiger partial charge on any atom is -0.00887 e. The Labute approximate surface area is 80.4 Å². The molecule has 1 saturated heterocycles. The highest BCUT2D eigenvalue weighted by Gasteiger charge is 2.45. The first kappa shape index (κ1) is 7.76. The Balaban J connectivity index is 2.06. The fraction of sp³-hybridized carbons (Fsp3) is 0.333. The van der Waals surface area contributed by atoms with Crippen LogP contribution in [0.5, 0.6) is 0 Å². The number of fused-ring (bicyclic) bond motifs is 1. The lowest BCUT2D eigenvalue weighted by molar-refractivity contribution is 1.01. The summed E-state index contributed by atoms with van der Waals surface area (Å²) in [4.78, 5) is 0. The Morgan fingerprint density at radius 1 is 1.23 bits per heavy atom. The minimum Gasteiger partial charge on any atom is -0.0702 e. The fourth-order valence-electron chi connectivity index (χ4n) is 2.33. The van der Waals surface area contributed by atoms with E-state index in [-0.39, 0.29) is 0 Å². The molecule has 0 spiro atoms. The third-order valence-electron chi connectivity index (χ3n) is 3.00. The lowest BCUT2D eigenvalue weighted by Crippen LogP contribution is -1.83. The maximum absolute atomic E-state index is 2.32. The van der Waals surface area contributed by atoms with Gasteiger partial charge in [0.2, 0.25) is 0 Å². The molecule has 2 heterocycles. The minimum atomic E-state index is 0.302. The van der Waals surface area contributed by atoms with Gasteiger partial charge in [-0.3, -0.25) is 0 Å². The van der Waals surface area contributed by atoms with Crippen LogP contribution in [0.1, 0.15) is 18.9 Å². The van der Waals surface area contributed by atoms with Crippen molar-refractivity contribution in [3.8, 4) is 0 Å². The Morgan fingerprint density at radius 2 is 2.00 bits per heavy atom. The average molecular weight is 188 g/mol. The zero-order valence-electron chi connectivity index (χ0n) is 7.83. The molecule has 2 unspecified atom stereocenters. The number of hydrogen-bond donors (Lipinski definition) is 0. The number of hydrogen-bond acceptors (Lipinski definition) is 0. The highest BCUT2D eigenvalue weighted by atomic mass is 31.1. The van der Waals surface area contributed by atoms with E-state index in [1.165, 1.54) is 18.1 Å². The topological polar surface area (TPSA) is 0 Å². The van der Waals surface area contributed by atoms with E-state index in [4.69, 9.17) is 0 Å². The van der Waals surface area contributed by atoms with E-state index in [9.17, 15) is 0 Å². The summed E-state index contributed by atoms with van der Waals surface area (Å²) in [7, 11) is 0.302. The smallest absolute Gasteiger partial charge is 0.00887 e. The molecular weight excluding hydrogens is 175 g/mol. The van der Waals surface area contributed by atoms with Crippen LogP contribution in [0.15, 0.2) is 35.9 Å². The van der Waals surface area contributed by atoms with Gasteiger partial charge < -0.3 is 0 Å². The van der Waals surface area contributed by atoms with E-state index in [1.807, 2.05) is 0 Å². The molecule has 0 aromatic heterocycles. The van der Waals surface area contributed by atoms with Crippen molar-refractivity contribution in [3.05, 3.63) is 41.5 Å². The van der Waals surface area contributed by atoms with Gasteiger partial charge in [0.25, 0.3) is 0 Å². The highest BCUT2D eigenvalue weighted by molar-refractivity contribution is 7.76. The largest absolute Gasteiger partial charge is 0.0702 e. The SMILES string of the molecule is CC1=C(c2ccccc2)P2CC2C1. The summed E-state index contributed by atoms with van der Waals surface area (Å²) in [6.07, 6.45) is 2.90. The monoisotopic (exact) mass is 188 g/mol. The van der Waals surface area contributed by atoms with Crippen molar-refractivity contribution in [3.63, 3.8) is 0 Å². The van der Waals surface area contributed by atoms with Crippen LogP contribution in [0.2, 0.25) is 0 Å². The van der Waals surface area contributed by atoms with Gasteiger partial charge in [0.15, 0.2) is 0 Å². The molecule has 1 aromatic carbocycles. The molecule has 0 saturated carbocycles. The summed E-state index contributed by atoms with van der Waals surface area (Å²) in [6.45, 7) is 2.32. The van der Waals surface area contributed by atoms with Gasteiger partial charge >= 0.3 is 0 Å². The predicted octanol–water partition coefficient (Wildman–Crippen LogP) is 3.69. The molecule has 0 amide bonds. The van der Waals surface area contributed by atoms with E-state index < -0.39 is 0 Å². The molecule has 0 radical (unpaired) electrons. The summed E-state index contributed by atoms with van der Waals surface area (Å²) in [5.41, 5.74) is 4.23. The zero-order valence-corrected chi connectivity index (χ0v) is 8.72. The second kappa shape index (κ2) is 2.69. The molecule has 1 aromatic rings. The molecule has 1 fully saturated rings. The second-order valence-corrected chi connectivity index (χ2v) is 6.49. The quantitative estimate of drug-likeness (QED) is 0.589. The standard InChI is InChI=1S/C12H13P/c1-9-7-11-8-13(11)12(9)10-5-3-2-4-6-10/h2-6,11H,7-8H2,1H3. The van der Waals surface area contributed by atoms with Crippen molar-refractivity contribution in [1.29, 1.82) is 0 Å². The third kappa shape index (κ3) is 1.16. The van der Waals surface area contributed by atoms with E-state index in [0.29, 0.717) is 7.92 Å². The van der Waals surface area contributed by atoms with Crippen molar-refractivity contribution in [2.75, 3.05) is 6.16 Å². The van der Waals surface area contributed by atoms with Gasteiger partial charge in [0.1, 0.15) is 0 Å². The number of rotatable bonds is 1. The first-order chi connectivity index (χ1) is 6.36. The number of allylic oxidation sites excluding steroid dienone is 1. The summed E-state index contributed by atoms with van der Waals surface area (Å²) in [5, 5.41) is 1.72. The summed E-state index contributed by atoms with van der Waals surface area (Å²) < 4.78 is 0. The molecule has 0 aliphatic carbocycles. The van der Waals surface area contributed by atoms with E-state index >= 15 is 0 Å². The van der Waals surface area contributed by atoms with Crippen LogP contribution in [-0.4, -0.2) is 11.8 Å². The van der Waals surface area contributed by atoms with Gasteiger partial charge in [-0.2, -0.15) is 0 Å². The lowest BCUT2D eigenvalue weighted by atomic mass is 10.1. The van der Waals surface area contributed by atoms with Crippen molar-refractivity contribution in [2.45, 2.75) is 19.0 Å². The molecule has 66 valence electrons. The van der Waals surface area contributed by atoms with Crippen LogP contribution in [0, 0.1) is 0 Å². The van der Waals surface area contributed by atoms with Crippen LogP contribution in [0.4, 0.5) is 0 Å². The molecule has 2 aliphatic rings. The molecule has 3 rings (SSSR count). The highest BCUT2D eigenvalue weighted by Crippen LogP contribution is 2.75. The normalized spacial score (nSPS) is 30.5. The summed E-state index contributed by atoms with van der Waals surface area (Å²) >= 11 is 0. The fourth-order valence-corrected chi connectivity index (χ4v) is 5.17. The van der Waals surface area contributed by atoms with Crippen molar-refractivity contribution in [1.82, 2.24) is 0 Å². The van der Waals surface area contributed by atoms with Crippen LogP contribution >= 0.6 is 7.92 Å². The molecule has 13 heavy (non-hydrogen) atoms. The Kier molecular flexibility index (Phi) is 1.60. The van der Waals surface area contributed by atoms with Crippen LogP contribution < -0.4 is 0 Å². The van der Waals surface area contributed by atoms with Gasteiger partial charge in [-0.25, -0.2) is 0 Å². The van der Waals surface area contributed by atoms with Crippen molar-refractivity contribution < 1.29 is 0 Å². The molecule has 2 atom stereocenters. The molecule has 0 bridgehead atoms. The molecule has 1 heteroatoms. The summed E-state index contributed by atoms with van der Waals surface area (Å²) in [6, 6.07) is 10.9. The Hall–Kier alpha value is -0.610. The van der Waals surface area contributed by atoms with Crippen LogP contribution in [-0.2, 0) is 0 Å². The lowest BCUT2D eigenvalue weighted by Gasteiger charge is -2.05. The number of benzene rings is 1. The van der Waals surface area contributed by atoms with Gasteiger partial charge in [0, 0.05) is 0 Å². The minimum absolute atomic E-state index is 0.302.